The van der Waals surface area contributed by atoms with Gasteiger partial charge in [-0.05, 0) is 54.5 Å². The highest BCUT2D eigenvalue weighted by Crippen LogP contribution is 2.27. The number of hydrogen-bond donors (Lipinski definition) is 1. The van der Waals surface area contributed by atoms with Crippen molar-refractivity contribution in [2.75, 3.05) is 0 Å². The molecule has 0 unspecified atom stereocenters. The number of aryl methyl sites for hydroxylation is 3. The first-order valence-corrected chi connectivity index (χ1v) is 7.75. The van der Waals surface area contributed by atoms with Gasteiger partial charge in [-0.2, -0.15) is 0 Å². The summed E-state index contributed by atoms with van der Waals surface area (Å²) >= 11 is 5.21. The van der Waals surface area contributed by atoms with Gasteiger partial charge in [-0.25, -0.2) is 4.98 Å². The Bertz CT molecular complexity index is 698. The maximum Gasteiger partial charge on any atom is 0.129 e. The van der Waals surface area contributed by atoms with Crippen LogP contribution in [0.2, 0.25) is 0 Å². The van der Waals surface area contributed by atoms with Crippen LogP contribution in [0.5, 0.6) is 0 Å². The van der Waals surface area contributed by atoms with Crippen molar-refractivity contribution in [2.45, 2.75) is 53.4 Å². The molecule has 0 aliphatic carbocycles. The van der Waals surface area contributed by atoms with E-state index in [4.69, 9.17) is 12.2 Å². The second kappa shape index (κ2) is 5.72. The predicted molar refractivity (Wildman–Crippen MR) is 91.6 cm³/mol. The second-order valence-corrected chi connectivity index (χ2v) is 7.28. The van der Waals surface area contributed by atoms with Gasteiger partial charge >= 0.3 is 0 Å². The molecule has 0 saturated carbocycles. The van der Waals surface area contributed by atoms with E-state index in [0.717, 1.165) is 17.9 Å². The number of benzene rings is 1. The molecule has 0 radical (unpaired) electrons. The van der Waals surface area contributed by atoms with Crippen LogP contribution in [0, 0.1) is 25.4 Å². The molecule has 0 saturated heterocycles. The number of nitrogens with zero attached hydrogens (tertiary/aromatic N) is 1. The molecule has 0 bridgehead atoms. The average Bonchev–Trinajstić information content (AvgIpc) is 2.31. The Morgan fingerprint density at radius 3 is 2.10 bits per heavy atom. The van der Waals surface area contributed by atoms with Crippen molar-refractivity contribution in [1.29, 1.82) is 0 Å². The summed E-state index contributed by atoms with van der Waals surface area (Å²) in [6.45, 7) is 13.1. The van der Waals surface area contributed by atoms with E-state index < -0.39 is 0 Å². The van der Waals surface area contributed by atoms with Gasteiger partial charge < -0.3 is 4.98 Å². The number of rotatable bonds is 2. The van der Waals surface area contributed by atoms with Crippen molar-refractivity contribution >= 4 is 12.2 Å². The zero-order valence-corrected chi connectivity index (χ0v) is 14.6. The van der Waals surface area contributed by atoms with E-state index in [0.29, 0.717) is 4.64 Å². The van der Waals surface area contributed by atoms with Gasteiger partial charge in [-0.1, -0.05) is 45.1 Å². The molecule has 1 N–H and O–H groups in total. The second-order valence-electron chi connectivity index (χ2n) is 6.86. The zero-order chi connectivity index (χ0) is 15.8. The summed E-state index contributed by atoms with van der Waals surface area (Å²) in [5.41, 5.74) is 6.60. The van der Waals surface area contributed by atoms with Crippen LogP contribution in [0.4, 0.5) is 0 Å². The minimum Gasteiger partial charge on any atom is -0.347 e. The third-order valence-electron chi connectivity index (χ3n) is 3.83. The van der Waals surface area contributed by atoms with E-state index in [1.54, 1.807) is 0 Å². The van der Waals surface area contributed by atoms with Crippen LogP contribution in [0.3, 0.4) is 0 Å². The summed E-state index contributed by atoms with van der Waals surface area (Å²) in [7, 11) is 0. The molecule has 0 aliphatic rings. The third-order valence-corrected chi connectivity index (χ3v) is 4.04. The fourth-order valence-electron chi connectivity index (χ4n) is 2.60. The number of H-pyrrole nitrogens is 1. The quantitative estimate of drug-likeness (QED) is 0.795. The first-order chi connectivity index (χ1) is 9.66. The van der Waals surface area contributed by atoms with Crippen molar-refractivity contribution in [2.24, 2.45) is 0 Å². The number of aromatic nitrogens is 2. The smallest absolute Gasteiger partial charge is 0.129 e. The van der Waals surface area contributed by atoms with Crippen LogP contribution >= 0.6 is 12.2 Å². The van der Waals surface area contributed by atoms with Crippen LogP contribution in [-0.4, -0.2) is 9.97 Å². The van der Waals surface area contributed by atoms with Gasteiger partial charge in [-0.3, -0.25) is 0 Å². The van der Waals surface area contributed by atoms with Gasteiger partial charge in [-0.15, -0.1) is 0 Å². The minimum atomic E-state index is 0.176. The predicted octanol–water partition coefficient (Wildman–Crippen LogP) is 4.95. The van der Waals surface area contributed by atoms with Crippen LogP contribution in [0.25, 0.3) is 0 Å². The summed E-state index contributed by atoms with van der Waals surface area (Å²) in [4.78, 5) is 7.76. The average molecular weight is 300 g/mol. The van der Waals surface area contributed by atoms with Gasteiger partial charge in [0.1, 0.15) is 10.5 Å². The molecule has 0 amide bonds. The van der Waals surface area contributed by atoms with E-state index >= 15 is 0 Å². The van der Waals surface area contributed by atoms with Crippen molar-refractivity contribution in [3.05, 3.63) is 56.6 Å². The highest BCUT2D eigenvalue weighted by atomic mass is 32.1. The Morgan fingerprint density at radius 1 is 1.05 bits per heavy atom. The highest BCUT2D eigenvalue weighted by Gasteiger charge is 2.16. The lowest BCUT2D eigenvalue weighted by Crippen LogP contribution is -2.13. The first kappa shape index (κ1) is 15.9. The maximum absolute atomic E-state index is 5.21. The van der Waals surface area contributed by atoms with Gasteiger partial charge in [0.2, 0.25) is 0 Å². The van der Waals surface area contributed by atoms with Crippen LogP contribution in [0.15, 0.2) is 18.2 Å². The van der Waals surface area contributed by atoms with Gasteiger partial charge in [0.15, 0.2) is 0 Å². The Balaban J connectivity index is 2.43. The normalized spacial score (nSPS) is 11.7. The summed E-state index contributed by atoms with van der Waals surface area (Å²) in [5.74, 6) is 0.940. The number of nitrogens with one attached hydrogen (secondary N) is 1. The number of aromatic amines is 1. The molecule has 0 spiro atoms. The van der Waals surface area contributed by atoms with Crippen molar-refractivity contribution < 1.29 is 0 Å². The fourth-order valence-corrected chi connectivity index (χ4v) is 2.89. The van der Waals surface area contributed by atoms with Crippen LogP contribution < -0.4 is 0 Å². The van der Waals surface area contributed by atoms with E-state index in [1.807, 2.05) is 13.0 Å². The Morgan fingerprint density at radius 2 is 1.62 bits per heavy atom. The molecule has 2 rings (SSSR count). The Kier molecular flexibility index (Phi) is 4.33. The van der Waals surface area contributed by atoms with E-state index in [2.05, 4.69) is 56.7 Å². The fraction of sp³-hybridized carbons (Fsp3) is 0.444. The van der Waals surface area contributed by atoms with Crippen molar-refractivity contribution in [3.8, 4) is 0 Å². The molecule has 0 fully saturated rings. The van der Waals surface area contributed by atoms with Crippen molar-refractivity contribution in [3.63, 3.8) is 0 Å². The molecule has 21 heavy (non-hydrogen) atoms. The molecular formula is C18H24N2S. The largest absolute Gasteiger partial charge is 0.347 e. The molecule has 1 heterocycles. The lowest BCUT2D eigenvalue weighted by molar-refractivity contribution is 0.588. The molecule has 1 aromatic heterocycles. The molecule has 0 atom stereocenters. The molecule has 2 nitrogen and oxygen atoms in total. The SMILES string of the molecule is Cc1cc(=S)nc(Cc2c(C)cc(C(C)(C)C)cc2C)[nH]1. The molecule has 0 aliphatic heterocycles. The van der Waals surface area contributed by atoms with Crippen molar-refractivity contribution in [1.82, 2.24) is 9.97 Å². The summed E-state index contributed by atoms with van der Waals surface area (Å²) < 4.78 is 0.655. The standard InChI is InChI=1S/C18H24N2S/c1-11-7-14(18(4,5)6)8-12(2)15(11)10-16-19-13(3)9-17(21)20-16/h7-9H,10H2,1-6H3,(H,19,20,21). The van der Waals surface area contributed by atoms with Gasteiger partial charge in [0, 0.05) is 12.1 Å². The maximum atomic E-state index is 5.21. The lowest BCUT2D eigenvalue weighted by Gasteiger charge is -2.22. The minimum absolute atomic E-state index is 0.176. The Labute approximate surface area is 132 Å². The zero-order valence-electron chi connectivity index (χ0n) is 13.8. The summed E-state index contributed by atoms with van der Waals surface area (Å²) in [5, 5.41) is 0. The third kappa shape index (κ3) is 3.79. The van der Waals surface area contributed by atoms with Gasteiger partial charge in [0.05, 0.1) is 0 Å². The van der Waals surface area contributed by atoms with Crippen LogP contribution in [0.1, 0.15) is 54.5 Å². The Hall–Kier alpha value is -1.48. The topological polar surface area (TPSA) is 28.7 Å². The molecule has 3 heteroatoms. The molecule has 2 aromatic rings. The highest BCUT2D eigenvalue weighted by molar-refractivity contribution is 7.71. The monoisotopic (exact) mass is 300 g/mol. The molecule has 112 valence electrons. The van der Waals surface area contributed by atoms with E-state index in [9.17, 15) is 0 Å². The van der Waals surface area contributed by atoms with Gasteiger partial charge in [0.25, 0.3) is 0 Å². The number of hydrogen-bond acceptors (Lipinski definition) is 2. The molecule has 1 aromatic carbocycles. The molecular weight excluding hydrogens is 276 g/mol. The lowest BCUT2D eigenvalue weighted by atomic mass is 9.83. The first-order valence-electron chi connectivity index (χ1n) is 7.34. The van der Waals surface area contributed by atoms with E-state index in [1.165, 1.54) is 22.3 Å². The van der Waals surface area contributed by atoms with E-state index in [-0.39, 0.29) is 5.41 Å². The van der Waals surface area contributed by atoms with Crippen LogP contribution in [-0.2, 0) is 11.8 Å². The summed E-state index contributed by atoms with van der Waals surface area (Å²) in [6, 6.07) is 6.49. The summed E-state index contributed by atoms with van der Waals surface area (Å²) in [6.07, 6.45) is 0.799.